The minimum atomic E-state index is -0.0785. The average Bonchev–Trinajstić information content (AvgIpc) is 3.28. The van der Waals surface area contributed by atoms with Crippen molar-refractivity contribution in [3.63, 3.8) is 0 Å². The lowest BCUT2D eigenvalue weighted by atomic mass is 9.78. The fourth-order valence-electron chi connectivity index (χ4n) is 3.18. The highest BCUT2D eigenvalue weighted by atomic mass is 16.5. The normalized spacial score (nSPS) is 11.4. The van der Waals surface area contributed by atoms with Crippen molar-refractivity contribution >= 4 is 0 Å². The molecule has 4 rings (SSSR count). The van der Waals surface area contributed by atoms with Crippen LogP contribution in [0.15, 0.2) is 77.8 Å². The Balaban J connectivity index is 1.45. The van der Waals surface area contributed by atoms with Crippen molar-refractivity contribution in [2.24, 2.45) is 0 Å². The fraction of sp³-hybridized carbons (Fsp3) is 0.208. The quantitative estimate of drug-likeness (QED) is 0.448. The first-order valence-corrected chi connectivity index (χ1v) is 9.54. The molecule has 0 fully saturated rings. The van der Waals surface area contributed by atoms with Gasteiger partial charge in [-0.1, -0.05) is 55.8 Å². The number of benzene rings is 2. The predicted octanol–water partition coefficient (Wildman–Crippen LogP) is 5.34. The summed E-state index contributed by atoms with van der Waals surface area (Å²) in [4.78, 5) is 12.6. The molecule has 0 spiro atoms. The van der Waals surface area contributed by atoms with Crippen molar-refractivity contribution in [1.29, 1.82) is 0 Å². The summed E-state index contributed by atoms with van der Waals surface area (Å²) >= 11 is 0. The van der Waals surface area contributed by atoms with Crippen LogP contribution in [0.5, 0.6) is 5.75 Å². The molecule has 0 aliphatic rings. The first-order valence-electron chi connectivity index (χ1n) is 9.54. The van der Waals surface area contributed by atoms with Gasteiger partial charge < -0.3 is 9.15 Å². The van der Waals surface area contributed by atoms with E-state index in [1.54, 1.807) is 12.4 Å². The maximum Gasteiger partial charge on any atom is 0.197 e. The third kappa shape index (κ3) is 4.19. The van der Waals surface area contributed by atoms with Gasteiger partial charge in [-0.3, -0.25) is 0 Å². The molecular weight excluding hydrogens is 362 g/mol. The molecule has 2 aromatic heterocycles. The van der Waals surface area contributed by atoms with E-state index in [1.807, 2.05) is 18.2 Å². The molecule has 4 aromatic rings. The van der Waals surface area contributed by atoms with Crippen LogP contribution in [-0.2, 0) is 12.0 Å². The SMILES string of the molecule is Cc1ccc(C(C)(C)c2ccc(OCc3ccnc(-c4cnco4)n3)cc2)cc1. The van der Waals surface area contributed by atoms with Crippen molar-refractivity contribution in [2.75, 3.05) is 0 Å². The number of rotatable bonds is 6. The third-order valence-corrected chi connectivity index (χ3v) is 5.10. The molecule has 0 saturated heterocycles. The summed E-state index contributed by atoms with van der Waals surface area (Å²) in [6.07, 6.45) is 4.65. The first kappa shape index (κ1) is 18.9. The molecule has 146 valence electrons. The van der Waals surface area contributed by atoms with E-state index >= 15 is 0 Å². The molecule has 0 bridgehead atoms. The zero-order valence-corrected chi connectivity index (χ0v) is 16.8. The van der Waals surface area contributed by atoms with Crippen molar-refractivity contribution in [3.05, 3.63) is 95.8 Å². The van der Waals surface area contributed by atoms with Crippen LogP contribution in [-0.4, -0.2) is 15.0 Å². The van der Waals surface area contributed by atoms with Gasteiger partial charge >= 0.3 is 0 Å². The Labute approximate surface area is 170 Å². The summed E-state index contributed by atoms with van der Waals surface area (Å²) < 4.78 is 11.2. The average molecular weight is 385 g/mol. The molecule has 0 unspecified atom stereocenters. The van der Waals surface area contributed by atoms with Crippen molar-refractivity contribution in [2.45, 2.75) is 32.8 Å². The Hall–Kier alpha value is -3.47. The van der Waals surface area contributed by atoms with Gasteiger partial charge in [0.05, 0.1) is 11.9 Å². The Morgan fingerprint density at radius 2 is 1.62 bits per heavy atom. The van der Waals surface area contributed by atoms with Gasteiger partial charge in [0.2, 0.25) is 0 Å². The highest BCUT2D eigenvalue weighted by molar-refractivity contribution is 5.44. The minimum absolute atomic E-state index is 0.0785. The van der Waals surface area contributed by atoms with Gasteiger partial charge in [-0.25, -0.2) is 15.0 Å². The lowest BCUT2D eigenvalue weighted by Crippen LogP contribution is -2.18. The molecule has 0 atom stereocenters. The van der Waals surface area contributed by atoms with Gasteiger partial charge in [0.1, 0.15) is 12.4 Å². The van der Waals surface area contributed by atoms with Crippen molar-refractivity contribution in [3.8, 4) is 17.3 Å². The largest absolute Gasteiger partial charge is 0.487 e. The Morgan fingerprint density at radius 3 is 2.28 bits per heavy atom. The van der Waals surface area contributed by atoms with Crippen molar-refractivity contribution < 1.29 is 9.15 Å². The summed E-state index contributed by atoms with van der Waals surface area (Å²) in [5.74, 6) is 1.83. The molecule has 5 nitrogen and oxygen atoms in total. The monoisotopic (exact) mass is 385 g/mol. The number of hydrogen-bond acceptors (Lipinski definition) is 5. The maximum absolute atomic E-state index is 5.92. The van der Waals surface area contributed by atoms with Crippen LogP contribution >= 0.6 is 0 Å². The summed E-state index contributed by atoms with van der Waals surface area (Å²) in [5.41, 5.74) is 4.49. The van der Waals surface area contributed by atoms with Crippen LogP contribution < -0.4 is 4.74 Å². The van der Waals surface area contributed by atoms with Gasteiger partial charge in [0, 0.05) is 11.6 Å². The number of hydrogen-bond donors (Lipinski definition) is 0. The molecule has 0 saturated carbocycles. The van der Waals surface area contributed by atoms with Crippen LogP contribution in [0, 0.1) is 6.92 Å². The van der Waals surface area contributed by atoms with Gasteiger partial charge in [0.25, 0.3) is 0 Å². The van der Waals surface area contributed by atoms with Gasteiger partial charge in [-0.15, -0.1) is 0 Å². The molecule has 5 heteroatoms. The lowest BCUT2D eigenvalue weighted by Gasteiger charge is -2.26. The van der Waals surface area contributed by atoms with E-state index in [4.69, 9.17) is 9.15 Å². The van der Waals surface area contributed by atoms with E-state index < -0.39 is 0 Å². The topological polar surface area (TPSA) is 61.0 Å². The van der Waals surface area contributed by atoms with Crippen LogP contribution in [0.1, 0.15) is 36.2 Å². The molecule has 2 heterocycles. The molecule has 0 radical (unpaired) electrons. The van der Waals surface area contributed by atoms with E-state index in [9.17, 15) is 0 Å². The highest BCUT2D eigenvalue weighted by Gasteiger charge is 2.22. The number of oxazole rings is 1. The van der Waals surface area contributed by atoms with Gasteiger partial charge in [0.15, 0.2) is 18.0 Å². The first-order chi connectivity index (χ1) is 14.0. The second-order valence-corrected chi connectivity index (χ2v) is 7.54. The standard InChI is InChI=1S/C24H23N3O2/c1-17-4-6-18(7-5-17)24(2,3)19-8-10-21(11-9-19)28-15-20-12-13-26-23(27-20)22-14-25-16-29-22/h4-14,16H,15H2,1-3H3. The second-order valence-electron chi connectivity index (χ2n) is 7.54. The van der Waals surface area contributed by atoms with Crippen molar-refractivity contribution in [1.82, 2.24) is 15.0 Å². The van der Waals surface area contributed by atoms with Crippen LogP contribution in [0.2, 0.25) is 0 Å². The van der Waals surface area contributed by atoms with E-state index in [2.05, 4.69) is 72.1 Å². The number of ether oxygens (including phenoxy) is 1. The van der Waals surface area contributed by atoms with E-state index in [1.165, 1.54) is 23.1 Å². The summed E-state index contributed by atoms with van der Waals surface area (Å²) in [5, 5.41) is 0. The fourth-order valence-corrected chi connectivity index (χ4v) is 3.18. The second kappa shape index (κ2) is 7.87. The van der Waals surface area contributed by atoms with E-state index in [-0.39, 0.29) is 5.41 Å². The smallest absolute Gasteiger partial charge is 0.197 e. The van der Waals surface area contributed by atoms with Gasteiger partial charge in [-0.05, 0) is 36.2 Å². The molecule has 0 N–H and O–H groups in total. The number of aromatic nitrogens is 3. The molecule has 2 aromatic carbocycles. The number of nitrogens with zero attached hydrogens (tertiary/aromatic N) is 3. The third-order valence-electron chi connectivity index (χ3n) is 5.10. The lowest BCUT2D eigenvalue weighted by molar-refractivity contribution is 0.301. The molecule has 0 aliphatic heterocycles. The highest BCUT2D eigenvalue weighted by Crippen LogP contribution is 2.32. The zero-order valence-electron chi connectivity index (χ0n) is 16.8. The molecule has 0 aliphatic carbocycles. The molecule has 29 heavy (non-hydrogen) atoms. The Morgan fingerprint density at radius 1 is 0.931 bits per heavy atom. The summed E-state index contributed by atoms with van der Waals surface area (Å²) in [6.45, 7) is 6.93. The van der Waals surface area contributed by atoms with E-state index in [0.29, 0.717) is 18.2 Å². The minimum Gasteiger partial charge on any atom is -0.487 e. The van der Waals surface area contributed by atoms with Crippen LogP contribution in [0.3, 0.4) is 0 Å². The van der Waals surface area contributed by atoms with Gasteiger partial charge in [-0.2, -0.15) is 0 Å². The summed E-state index contributed by atoms with van der Waals surface area (Å²) in [7, 11) is 0. The number of aryl methyl sites for hydroxylation is 1. The summed E-state index contributed by atoms with van der Waals surface area (Å²) in [6, 6.07) is 18.8. The maximum atomic E-state index is 5.92. The Kier molecular flexibility index (Phi) is 5.12. The van der Waals surface area contributed by atoms with Crippen LogP contribution in [0.25, 0.3) is 11.6 Å². The molecular formula is C24H23N3O2. The molecule has 0 amide bonds. The zero-order chi connectivity index (χ0) is 20.3. The van der Waals surface area contributed by atoms with E-state index in [0.717, 1.165) is 11.4 Å². The predicted molar refractivity (Wildman–Crippen MR) is 112 cm³/mol. The van der Waals surface area contributed by atoms with Crippen LogP contribution in [0.4, 0.5) is 0 Å². The Bertz CT molecular complexity index is 1070.